The maximum atomic E-state index is 13.4. The summed E-state index contributed by atoms with van der Waals surface area (Å²) in [5.74, 6) is 1.02. The molecular weight excluding hydrogens is 471 g/mol. The second-order valence-corrected chi connectivity index (χ2v) is 9.48. The SMILES string of the molecule is Cn1cc(-c2ccn(C(=NC=N)N3CCN(c4ncc(C(C)(C)c5ccc(F)cc5)cn4)CC3)n2)cn1. The molecule has 1 fully saturated rings. The standard InChI is InChI=1S/C26H29FN10/c1-26(2,20-4-6-22(27)7-5-20)21-15-29-24(30-16-21)35-10-12-36(13-11-35)25(31-18-28)37-9-8-23(33-37)19-14-32-34(3)17-19/h4-9,14-18,28H,10-13H2,1-3H3. The summed E-state index contributed by atoms with van der Waals surface area (Å²) in [6, 6.07) is 8.47. The van der Waals surface area contributed by atoms with E-state index >= 15 is 0 Å². The molecule has 1 N–H and O–H groups in total. The lowest BCUT2D eigenvalue weighted by Gasteiger charge is -2.36. The van der Waals surface area contributed by atoms with Crippen LogP contribution in [0.3, 0.4) is 0 Å². The van der Waals surface area contributed by atoms with E-state index in [4.69, 9.17) is 5.41 Å². The van der Waals surface area contributed by atoms with E-state index in [0.717, 1.165) is 28.7 Å². The number of nitrogens with zero attached hydrogens (tertiary/aromatic N) is 9. The Bertz CT molecular complexity index is 1390. The molecule has 10 nitrogen and oxygen atoms in total. The third kappa shape index (κ3) is 4.97. The van der Waals surface area contributed by atoms with Crippen LogP contribution in [0.5, 0.6) is 0 Å². The number of benzene rings is 1. The molecular formula is C26H29FN10. The van der Waals surface area contributed by atoms with Crippen molar-refractivity contribution in [2.75, 3.05) is 31.1 Å². The first kappa shape index (κ1) is 24.3. The number of hydrogen-bond donors (Lipinski definition) is 1. The highest BCUT2D eigenvalue weighted by molar-refractivity contribution is 5.88. The molecule has 11 heteroatoms. The van der Waals surface area contributed by atoms with Gasteiger partial charge in [0.2, 0.25) is 11.9 Å². The van der Waals surface area contributed by atoms with Crippen molar-refractivity contribution in [1.82, 2.24) is 34.4 Å². The number of aromatic nitrogens is 6. The lowest BCUT2D eigenvalue weighted by atomic mass is 9.79. The summed E-state index contributed by atoms with van der Waals surface area (Å²) in [6.45, 7) is 6.93. The summed E-state index contributed by atoms with van der Waals surface area (Å²) in [4.78, 5) is 17.8. The van der Waals surface area contributed by atoms with E-state index in [-0.39, 0.29) is 11.2 Å². The highest BCUT2D eigenvalue weighted by Gasteiger charge is 2.26. The predicted octanol–water partition coefficient (Wildman–Crippen LogP) is 3.17. The first-order valence-electron chi connectivity index (χ1n) is 12.1. The predicted molar refractivity (Wildman–Crippen MR) is 140 cm³/mol. The number of anilines is 1. The first-order chi connectivity index (χ1) is 17.8. The fourth-order valence-electron chi connectivity index (χ4n) is 4.43. The maximum absolute atomic E-state index is 13.4. The molecule has 37 heavy (non-hydrogen) atoms. The van der Waals surface area contributed by atoms with Gasteiger partial charge in [0.1, 0.15) is 12.2 Å². The molecule has 5 rings (SSSR count). The Morgan fingerprint density at radius 2 is 1.70 bits per heavy atom. The molecule has 0 aliphatic carbocycles. The first-order valence-corrected chi connectivity index (χ1v) is 12.1. The minimum absolute atomic E-state index is 0.249. The van der Waals surface area contributed by atoms with Crippen LogP contribution in [-0.4, -0.2) is 72.9 Å². The van der Waals surface area contributed by atoms with E-state index in [1.54, 1.807) is 27.7 Å². The van der Waals surface area contributed by atoms with Crippen molar-refractivity contribution in [2.45, 2.75) is 19.3 Å². The van der Waals surface area contributed by atoms with Crippen LogP contribution < -0.4 is 4.90 Å². The topological polar surface area (TPSA) is 104 Å². The van der Waals surface area contributed by atoms with Gasteiger partial charge in [0.25, 0.3) is 0 Å². The number of aryl methyl sites for hydroxylation is 1. The van der Waals surface area contributed by atoms with Crippen LogP contribution in [0.15, 0.2) is 66.3 Å². The Balaban J connectivity index is 1.26. The summed E-state index contributed by atoms with van der Waals surface area (Å²) in [5, 5.41) is 16.4. The Morgan fingerprint density at radius 1 is 1.00 bits per heavy atom. The maximum Gasteiger partial charge on any atom is 0.228 e. The Morgan fingerprint density at radius 3 is 2.32 bits per heavy atom. The van der Waals surface area contributed by atoms with Gasteiger partial charge in [-0.05, 0) is 29.3 Å². The third-order valence-corrected chi connectivity index (χ3v) is 6.75. The number of nitrogens with one attached hydrogen (secondary N) is 1. The van der Waals surface area contributed by atoms with Gasteiger partial charge in [0, 0.05) is 69.0 Å². The van der Waals surface area contributed by atoms with Crippen molar-refractivity contribution >= 4 is 18.2 Å². The molecule has 1 saturated heterocycles. The van der Waals surface area contributed by atoms with Gasteiger partial charge in [-0.15, -0.1) is 0 Å². The van der Waals surface area contributed by atoms with E-state index in [9.17, 15) is 4.39 Å². The van der Waals surface area contributed by atoms with E-state index in [1.807, 2.05) is 37.9 Å². The number of hydrogen-bond acceptors (Lipinski definition) is 6. The molecule has 0 radical (unpaired) electrons. The monoisotopic (exact) mass is 500 g/mol. The van der Waals surface area contributed by atoms with Crippen LogP contribution in [0.2, 0.25) is 0 Å². The second kappa shape index (κ2) is 9.92. The van der Waals surface area contributed by atoms with Crippen LogP contribution in [-0.2, 0) is 12.5 Å². The minimum Gasteiger partial charge on any atom is -0.337 e. The second-order valence-electron chi connectivity index (χ2n) is 9.48. The van der Waals surface area contributed by atoms with Crippen molar-refractivity contribution in [3.8, 4) is 11.3 Å². The molecule has 0 amide bonds. The average Bonchev–Trinajstić information content (AvgIpc) is 3.57. The van der Waals surface area contributed by atoms with Crippen LogP contribution in [0.1, 0.15) is 25.0 Å². The zero-order chi connectivity index (χ0) is 26.0. The molecule has 190 valence electrons. The Hall–Kier alpha value is -4.41. The number of aliphatic imine (C=N–C) groups is 1. The van der Waals surface area contributed by atoms with Gasteiger partial charge >= 0.3 is 0 Å². The zero-order valence-electron chi connectivity index (χ0n) is 21.1. The molecule has 4 aromatic rings. The largest absolute Gasteiger partial charge is 0.337 e. The molecule has 0 saturated carbocycles. The highest BCUT2D eigenvalue weighted by Crippen LogP contribution is 2.31. The summed E-state index contributed by atoms with van der Waals surface area (Å²) < 4.78 is 16.8. The molecule has 4 heterocycles. The van der Waals surface area contributed by atoms with Crippen LogP contribution in [0, 0.1) is 11.2 Å². The summed E-state index contributed by atoms with van der Waals surface area (Å²) >= 11 is 0. The molecule has 1 aromatic carbocycles. The third-order valence-electron chi connectivity index (χ3n) is 6.75. The minimum atomic E-state index is -0.346. The molecule has 0 unspecified atom stereocenters. The van der Waals surface area contributed by atoms with Gasteiger partial charge in [-0.1, -0.05) is 26.0 Å². The zero-order valence-corrected chi connectivity index (χ0v) is 21.1. The highest BCUT2D eigenvalue weighted by atomic mass is 19.1. The van der Waals surface area contributed by atoms with Crippen molar-refractivity contribution < 1.29 is 4.39 Å². The Labute approximate surface area is 214 Å². The van der Waals surface area contributed by atoms with Gasteiger partial charge in [-0.3, -0.25) is 10.1 Å². The molecule has 3 aromatic heterocycles. The summed E-state index contributed by atoms with van der Waals surface area (Å²) in [6.07, 6.45) is 10.3. The number of rotatable bonds is 5. The summed E-state index contributed by atoms with van der Waals surface area (Å²) in [7, 11) is 1.87. The summed E-state index contributed by atoms with van der Waals surface area (Å²) in [5.41, 5.74) is 3.33. The normalized spacial score (nSPS) is 14.8. The van der Waals surface area contributed by atoms with Gasteiger partial charge < -0.3 is 9.80 Å². The van der Waals surface area contributed by atoms with Gasteiger partial charge in [0.05, 0.1) is 11.9 Å². The van der Waals surface area contributed by atoms with Crippen molar-refractivity contribution in [1.29, 1.82) is 5.41 Å². The van der Waals surface area contributed by atoms with Crippen molar-refractivity contribution in [2.24, 2.45) is 12.0 Å². The molecule has 0 spiro atoms. The smallest absolute Gasteiger partial charge is 0.228 e. The fraction of sp³-hybridized carbons (Fsp3) is 0.308. The van der Waals surface area contributed by atoms with Gasteiger partial charge in [0.15, 0.2) is 0 Å². The van der Waals surface area contributed by atoms with E-state index in [0.29, 0.717) is 38.1 Å². The van der Waals surface area contributed by atoms with E-state index in [2.05, 4.69) is 48.8 Å². The molecule has 0 atom stereocenters. The number of piperazine rings is 1. The fourth-order valence-corrected chi connectivity index (χ4v) is 4.43. The van der Waals surface area contributed by atoms with Gasteiger partial charge in [-0.2, -0.15) is 10.2 Å². The van der Waals surface area contributed by atoms with Crippen molar-refractivity contribution in [3.63, 3.8) is 0 Å². The van der Waals surface area contributed by atoms with Crippen LogP contribution in [0.25, 0.3) is 11.3 Å². The lowest BCUT2D eigenvalue weighted by Crippen LogP contribution is -2.51. The van der Waals surface area contributed by atoms with E-state index < -0.39 is 0 Å². The molecule has 0 bridgehead atoms. The van der Waals surface area contributed by atoms with Crippen molar-refractivity contribution in [3.05, 3.63) is 78.3 Å². The average molecular weight is 501 g/mol. The van der Waals surface area contributed by atoms with Gasteiger partial charge in [-0.25, -0.2) is 24.0 Å². The lowest BCUT2D eigenvalue weighted by molar-refractivity contribution is 0.370. The molecule has 1 aliphatic heterocycles. The quantitative estimate of drug-likeness (QED) is 0.333. The van der Waals surface area contributed by atoms with Crippen LogP contribution in [0.4, 0.5) is 10.3 Å². The number of halogens is 1. The Kier molecular flexibility index (Phi) is 6.51. The van der Waals surface area contributed by atoms with Crippen LogP contribution >= 0.6 is 0 Å². The van der Waals surface area contributed by atoms with E-state index in [1.165, 1.54) is 12.1 Å². The molecule has 1 aliphatic rings.